The number of rotatable bonds is 7. The van der Waals surface area contributed by atoms with E-state index in [2.05, 4.69) is 15.6 Å². The van der Waals surface area contributed by atoms with Crippen molar-refractivity contribution in [2.75, 3.05) is 13.1 Å². The molecule has 6 nitrogen and oxygen atoms in total. The lowest BCUT2D eigenvalue weighted by atomic mass is 10.1. The van der Waals surface area contributed by atoms with Crippen LogP contribution in [0.1, 0.15) is 27.4 Å². The molecule has 2 N–H and O–H groups in total. The van der Waals surface area contributed by atoms with Crippen molar-refractivity contribution in [1.29, 1.82) is 0 Å². The lowest BCUT2D eigenvalue weighted by molar-refractivity contribution is -0.120. The largest absolute Gasteiger partial charge is 0.441 e. The Bertz CT molecular complexity index is 964. The van der Waals surface area contributed by atoms with Crippen LogP contribution < -0.4 is 10.6 Å². The lowest BCUT2D eigenvalue weighted by Gasteiger charge is -2.06. The molecule has 0 aliphatic carbocycles. The van der Waals surface area contributed by atoms with E-state index in [-0.39, 0.29) is 18.2 Å². The molecule has 2 amide bonds. The van der Waals surface area contributed by atoms with Crippen molar-refractivity contribution in [1.82, 2.24) is 15.6 Å². The summed E-state index contributed by atoms with van der Waals surface area (Å²) < 4.78 is 5.71. The number of nitrogens with one attached hydrogen (secondary N) is 2. The number of carbonyl (C=O) groups excluding carboxylic acids is 2. The molecule has 0 radical (unpaired) electrons. The van der Waals surface area contributed by atoms with Crippen LogP contribution in [0.25, 0.3) is 11.5 Å². The van der Waals surface area contributed by atoms with Crippen LogP contribution in [-0.4, -0.2) is 29.9 Å². The molecule has 0 aliphatic heterocycles. The predicted octanol–water partition coefficient (Wildman–Crippen LogP) is 3.05. The van der Waals surface area contributed by atoms with Gasteiger partial charge >= 0.3 is 0 Å². The van der Waals surface area contributed by atoms with Gasteiger partial charge in [-0.15, -0.1) is 0 Å². The topological polar surface area (TPSA) is 84.2 Å². The van der Waals surface area contributed by atoms with E-state index in [1.54, 1.807) is 19.1 Å². The SMILES string of the molecule is Cc1cccc(-c2nc(CC(=O)NCCNC(=O)c3ccccc3)c(C)o2)c1. The second-order valence-electron chi connectivity index (χ2n) is 6.54. The van der Waals surface area contributed by atoms with Gasteiger partial charge in [-0.1, -0.05) is 35.9 Å². The summed E-state index contributed by atoms with van der Waals surface area (Å²) in [6.07, 6.45) is 0.133. The monoisotopic (exact) mass is 377 g/mol. The molecule has 0 atom stereocenters. The van der Waals surface area contributed by atoms with Gasteiger partial charge in [0.05, 0.1) is 12.1 Å². The molecule has 0 fully saturated rings. The zero-order chi connectivity index (χ0) is 19.9. The zero-order valence-electron chi connectivity index (χ0n) is 16.0. The first-order valence-electron chi connectivity index (χ1n) is 9.16. The molecular weight excluding hydrogens is 354 g/mol. The van der Waals surface area contributed by atoms with E-state index in [1.807, 2.05) is 49.4 Å². The molecular formula is C22H23N3O3. The first kappa shape index (κ1) is 19.4. The van der Waals surface area contributed by atoms with Crippen molar-refractivity contribution in [3.63, 3.8) is 0 Å². The molecule has 0 spiro atoms. The van der Waals surface area contributed by atoms with E-state index in [0.29, 0.717) is 36.0 Å². The van der Waals surface area contributed by atoms with E-state index in [4.69, 9.17) is 4.42 Å². The number of amides is 2. The second kappa shape index (κ2) is 8.99. The van der Waals surface area contributed by atoms with Gasteiger partial charge < -0.3 is 15.1 Å². The van der Waals surface area contributed by atoms with Gasteiger partial charge in [-0.3, -0.25) is 9.59 Å². The summed E-state index contributed by atoms with van der Waals surface area (Å²) in [5.74, 6) is 0.814. The van der Waals surface area contributed by atoms with Gasteiger partial charge in [0, 0.05) is 24.2 Å². The van der Waals surface area contributed by atoms with E-state index >= 15 is 0 Å². The number of hydrogen-bond donors (Lipinski definition) is 2. The maximum absolute atomic E-state index is 12.2. The minimum absolute atomic E-state index is 0.133. The average molecular weight is 377 g/mol. The number of oxazole rings is 1. The Morgan fingerprint density at radius 2 is 1.71 bits per heavy atom. The summed E-state index contributed by atoms with van der Waals surface area (Å²) in [6, 6.07) is 16.8. The number of aromatic nitrogens is 1. The smallest absolute Gasteiger partial charge is 0.251 e. The summed E-state index contributed by atoms with van der Waals surface area (Å²) in [4.78, 5) is 28.6. The van der Waals surface area contributed by atoms with Gasteiger partial charge in [-0.2, -0.15) is 0 Å². The van der Waals surface area contributed by atoms with Crippen LogP contribution in [0.4, 0.5) is 0 Å². The molecule has 0 aliphatic rings. The van der Waals surface area contributed by atoms with E-state index < -0.39 is 0 Å². The number of hydrogen-bond acceptors (Lipinski definition) is 4. The van der Waals surface area contributed by atoms with Crippen LogP contribution in [0.15, 0.2) is 59.0 Å². The van der Waals surface area contributed by atoms with Crippen LogP contribution in [0.3, 0.4) is 0 Å². The zero-order valence-corrected chi connectivity index (χ0v) is 16.0. The fourth-order valence-electron chi connectivity index (χ4n) is 2.78. The molecule has 3 aromatic rings. The normalized spacial score (nSPS) is 10.5. The summed E-state index contributed by atoms with van der Waals surface area (Å²) >= 11 is 0. The molecule has 0 saturated carbocycles. The minimum atomic E-state index is -0.166. The van der Waals surface area contributed by atoms with Crippen LogP contribution in [0.5, 0.6) is 0 Å². The molecule has 1 heterocycles. The Balaban J connectivity index is 1.48. The Hall–Kier alpha value is -3.41. The lowest BCUT2D eigenvalue weighted by Crippen LogP contribution is -2.35. The van der Waals surface area contributed by atoms with E-state index in [1.165, 1.54) is 0 Å². The number of carbonyl (C=O) groups is 2. The fourth-order valence-corrected chi connectivity index (χ4v) is 2.78. The summed E-state index contributed by atoms with van der Waals surface area (Å²) in [5, 5.41) is 5.56. The van der Waals surface area contributed by atoms with E-state index in [0.717, 1.165) is 11.1 Å². The third-order valence-corrected chi connectivity index (χ3v) is 4.25. The molecule has 0 bridgehead atoms. The van der Waals surface area contributed by atoms with Crippen molar-refractivity contribution >= 4 is 11.8 Å². The Kier molecular flexibility index (Phi) is 6.22. The van der Waals surface area contributed by atoms with Crippen LogP contribution in [0, 0.1) is 13.8 Å². The highest BCUT2D eigenvalue weighted by molar-refractivity contribution is 5.94. The van der Waals surface area contributed by atoms with Gasteiger partial charge in [0.15, 0.2) is 0 Å². The Labute approximate surface area is 164 Å². The maximum atomic E-state index is 12.2. The standard InChI is InChI=1S/C22H23N3O3/c1-15-7-6-10-18(13-15)22-25-19(16(2)28-22)14-20(26)23-11-12-24-21(27)17-8-4-3-5-9-17/h3-10,13H,11-12,14H2,1-2H3,(H,23,26)(H,24,27). The van der Waals surface area contributed by atoms with Gasteiger partial charge in [0.2, 0.25) is 11.8 Å². The highest BCUT2D eigenvalue weighted by Crippen LogP contribution is 2.22. The van der Waals surface area contributed by atoms with Crippen LogP contribution in [0.2, 0.25) is 0 Å². The highest BCUT2D eigenvalue weighted by atomic mass is 16.4. The third-order valence-electron chi connectivity index (χ3n) is 4.25. The molecule has 0 saturated heterocycles. The predicted molar refractivity (Wildman–Crippen MR) is 107 cm³/mol. The van der Waals surface area contributed by atoms with Gasteiger partial charge in [-0.05, 0) is 38.1 Å². The molecule has 1 aromatic heterocycles. The first-order chi connectivity index (χ1) is 13.5. The van der Waals surface area contributed by atoms with Crippen LogP contribution >= 0.6 is 0 Å². The van der Waals surface area contributed by atoms with Crippen molar-refractivity contribution in [2.24, 2.45) is 0 Å². The summed E-state index contributed by atoms with van der Waals surface area (Å²) in [7, 11) is 0. The number of nitrogens with zero attached hydrogens (tertiary/aromatic N) is 1. The minimum Gasteiger partial charge on any atom is -0.441 e. The quantitative estimate of drug-likeness (QED) is 0.620. The fraction of sp³-hybridized carbons (Fsp3) is 0.227. The van der Waals surface area contributed by atoms with Crippen molar-refractivity contribution in [3.8, 4) is 11.5 Å². The second-order valence-corrected chi connectivity index (χ2v) is 6.54. The summed E-state index contributed by atoms with van der Waals surface area (Å²) in [5.41, 5.74) is 3.21. The van der Waals surface area contributed by atoms with Crippen LogP contribution in [-0.2, 0) is 11.2 Å². The average Bonchev–Trinajstić information content (AvgIpc) is 3.06. The van der Waals surface area contributed by atoms with Crippen molar-refractivity contribution in [3.05, 3.63) is 77.2 Å². The third kappa shape index (κ3) is 5.07. The van der Waals surface area contributed by atoms with Crippen molar-refractivity contribution < 1.29 is 14.0 Å². The highest BCUT2D eigenvalue weighted by Gasteiger charge is 2.14. The van der Waals surface area contributed by atoms with Crippen molar-refractivity contribution in [2.45, 2.75) is 20.3 Å². The van der Waals surface area contributed by atoms with Gasteiger partial charge in [-0.25, -0.2) is 4.98 Å². The maximum Gasteiger partial charge on any atom is 0.251 e. The van der Waals surface area contributed by atoms with Gasteiger partial charge in [0.25, 0.3) is 5.91 Å². The molecule has 0 unspecified atom stereocenters. The molecule has 144 valence electrons. The molecule has 2 aromatic carbocycles. The molecule has 6 heteroatoms. The number of aryl methyl sites for hydroxylation is 2. The van der Waals surface area contributed by atoms with E-state index in [9.17, 15) is 9.59 Å². The molecule has 28 heavy (non-hydrogen) atoms. The Morgan fingerprint density at radius 1 is 0.964 bits per heavy atom. The Morgan fingerprint density at radius 3 is 2.46 bits per heavy atom. The number of benzene rings is 2. The molecule has 3 rings (SSSR count). The van der Waals surface area contributed by atoms with Gasteiger partial charge in [0.1, 0.15) is 5.76 Å². The summed E-state index contributed by atoms with van der Waals surface area (Å²) in [6.45, 7) is 4.50. The first-order valence-corrected chi connectivity index (χ1v) is 9.16.